The predicted molar refractivity (Wildman–Crippen MR) is 116 cm³/mol. The first kappa shape index (κ1) is 22.2. The van der Waals surface area contributed by atoms with E-state index in [1.807, 2.05) is 25.2 Å². The Morgan fingerprint density at radius 3 is 2.54 bits per heavy atom. The lowest BCUT2D eigenvalue weighted by atomic mass is 9.93. The second kappa shape index (κ2) is 11.7. The number of hydrogen-bond donors (Lipinski definition) is 1. The van der Waals surface area contributed by atoms with Gasteiger partial charge in [-0.25, -0.2) is 0 Å². The molecule has 1 atom stereocenters. The second-order valence-corrected chi connectivity index (χ2v) is 8.16. The lowest BCUT2D eigenvalue weighted by molar-refractivity contribution is -0.118. The van der Waals surface area contributed by atoms with Gasteiger partial charge in [0.15, 0.2) is 0 Å². The van der Waals surface area contributed by atoms with Crippen LogP contribution in [-0.2, 0) is 9.59 Å². The topological polar surface area (TPSA) is 49.4 Å². The molecule has 1 saturated heterocycles. The normalized spacial score (nSPS) is 21.9. The van der Waals surface area contributed by atoms with E-state index in [4.69, 9.17) is 0 Å². The van der Waals surface area contributed by atoms with Crippen LogP contribution in [0.15, 0.2) is 48.2 Å². The third kappa shape index (κ3) is 6.81. The van der Waals surface area contributed by atoms with Gasteiger partial charge in [-0.15, -0.1) is 0 Å². The number of nitrogens with one attached hydrogen (secondary N) is 1. The zero-order valence-electron chi connectivity index (χ0n) is 17.4. The summed E-state index contributed by atoms with van der Waals surface area (Å²) >= 11 is 0. The Balaban J connectivity index is 2.07. The van der Waals surface area contributed by atoms with Crippen molar-refractivity contribution in [2.24, 2.45) is 5.92 Å². The molecule has 1 aliphatic carbocycles. The number of piperidine rings is 1. The highest BCUT2D eigenvalue weighted by Gasteiger charge is 2.21. The first-order valence-electron chi connectivity index (χ1n) is 10.7. The summed E-state index contributed by atoms with van der Waals surface area (Å²) in [5, 5.41) is 3.18. The molecule has 4 nitrogen and oxygen atoms in total. The highest BCUT2D eigenvalue weighted by Crippen LogP contribution is 2.24. The van der Waals surface area contributed by atoms with Crippen LogP contribution < -0.4 is 5.32 Å². The lowest BCUT2D eigenvalue weighted by Crippen LogP contribution is -2.37. The van der Waals surface area contributed by atoms with Gasteiger partial charge >= 0.3 is 0 Å². The van der Waals surface area contributed by atoms with Crippen molar-refractivity contribution in [2.75, 3.05) is 13.1 Å². The van der Waals surface area contributed by atoms with Gasteiger partial charge in [-0.05, 0) is 68.7 Å². The molecule has 2 fully saturated rings. The maximum absolute atomic E-state index is 12.8. The van der Waals surface area contributed by atoms with Crippen molar-refractivity contribution in [3.05, 3.63) is 48.2 Å². The lowest BCUT2D eigenvalue weighted by Gasteiger charge is -2.35. The Morgan fingerprint density at radius 1 is 1.14 bits per heavy atom. The Kier molecular flexibility index (Phi) is 9.26. The van der Waals surface area contributed by atoms with E-state index >= 15 is 0 Å². The first-order valence-corrected chi connectivity index (χ1v) is 10.7. The molecule has 2 rings (SSSR count). The second-order valence-electron chi connectivity index (χ2n) is 8.16. The van der Waals surface area contributed by atoms with Crippen molar-refractivity contribution < 1.29 is 9.59 Å². The maximum atomic E-state index is 12.8. The third-order valence-electron chi connectivity index (χ3n) is 5.85. The molecule has 0 aromatic heterocycles. The summed E-state index contributed by atoms with van der Waals surface area (Å²) in [6.45, 7) is 11.8. The number of likely N-dealkylation sites (tertiary alicyclic amines) is 1. The van der Waals surface area contributed by atoms with E-state index in [0.29, 0.717) is 17.9 Å². The van der Waals surface area contributed by atoms with Crippen molar-refractivity contribution in [2.45, 2.75) is 70.8 Å². The minimum Gasteiger partial charge on any atom is -0.371 e. The van der Waals surface area contributed by atoms with Gasteiger partial charge in [-0.1, -0.05) is 32.4 Å². The van der Waals surface area contributed by atoms with Gasteiger partial charge in [-0.3, -0.25) is 4.79 Å². The summed E-state index contributed by atoms with van der Waals surface area (Å²) in [5.41, 5.74) is 2.44. The van der Waals surface area contributed by atoms with E-state index < -0.39 is 0 Å². The summed E-state index contributed by atoms with van der Waals surface area (Å²) < 4.78 is 0. The zero-order chi connectivity index (χ0) is 20.4. The third-order valence-corrected chi connectivity index (χ3v) is 5.85. The number of carbonyl (C=O) groups excluding carboxylic acids is 2. The standard InChI is InChI=1S/C24H36N2O2/c1-4-22(26-16-8-10-20(18-26)11-9-17-27)14-15-23(19(2)3)24(28)25-21-12-6-5-7-13-21/h4,14-15,17,20-21H,1-2,5-13,16,18H2,3H3,(H,25,28)/b22-14+,23-15+. The largest absolute Gasteiger partial charge is 0.371 e. The van der Waals surface area contributed by atoms with Gasteiger partial charge in [0.2, 0.25) is 0 Å². The first-order chi connectivity index (χ1) is 13.5. The molecule has 1 heterocycles. The average molecular weight is 385 g/mol. The molecule has 1 aliphatic heterocycles. The molecule has 2 aliphatic rings. The average Bonchev–Trinajstić information content (AvgIpc) is 2.70. The fourth-order valence-corrected chi connectivity index (χ4v) is 4.23. The molecule has 1 unspecified atom stereocenters. The molecule has 1 saturated carbocycles. The van der Waals surface area contributed by atoms with E-state index in [0.717, 1.165) is 56.3 Å². The highest BCUT2D eigenvalue weighted by atomic mass is 16.1. The van der Waals surface area contributed by atoms with Crippen LogP contribution in [0.3, 0.4) is 0 Å². The minimum absolute atomic E-state index is 0.0263. The minimum atomic E-state index is -0.0263. The van der Waals surface area contributed by atoms with Crippen molar-refractivity contribution in [1.29, 1.82) is 0 Å². The van der Waals surface area contributed by atoms with E-state index in [2.05, 4.69) is 23.4 Å². The Morgan fingerprint density at radius 2 is 1.89 bits per heavy atom. The van der Waals surface area contributed by atoms with Crippen LogP contribution in [0.4, 0.5) is 0 Å². The Bertz CT molecular complexity index is 627. The van der Waals surface area contributed by atoms with Crippen LogP contribution in [0.5, 0.6) is 0 Å². The quantitative estimate of drug-likeness (QED) is 0.356. The van der Waals surface area contributed by atoms with Crippen LogP contribution in [0, 0.1) is 5.92 Å². The van der Waals surface area contributed by atoms with Gasteiger partial charge in [0, 0.05) is 36.8 Å². The number of amides is 1. The summed E-state index contributed by atoms with van der Waals surface area (Å²) in [6.07, 6.45) is 16.4. The van der Waals surface area contributed by atoms with Gasteiger partial charge in [0.25, 0.3) is 5.91 Å². The van der Waals surface area contributed by atoms with Crippen molar-refractivity contribution in [3.63, 3.8) is 0 Å². The molecule has 0 aromatic rings. The van der Waals surface area contributed by atoms with Crippen molar-refractivity contribution >= 4 is 12.2 Å². The fraction of sp³-hybridized carbons (Fsp3) is 0.583. The number of aldehydes is 1. The van der Waals surface area contributed by atoms with Gasteiger partial charge in [0.1, 0.15) is 6.29 Å². The van der Waals surface area contributed by atoms with Crippen molar-refractivity contribution in [3.8, 4) is 0 Å². The number of allylic oxidation sites excluding steroid dienone is 3. The zero-order valence-corrected chi connectivity index (χ0v) is 17.4. The van der Waals surface area contributed by atoms with Gasteiger partial charge in [0.05, 0.1) is 0 Å². The smallest absolute Gasteiger partial charge is 0.251 e. The SMILES string of the molecule is C=C/C(=C\C=C(/C(=C)C)C(=O)NC1CCCCC1)N1CCCC(CCC=O)C1. The molecule has 0 radical (unpaired) electrons. The molecular formula is C24H36N2O2. The molecule has 0 bridgehead atoms. The van der Waals surface area contributed by atoms with Crippen LogP contribution in [-0.4, -0.2) is 36.2 Å². The van der Waals surface area contributed by atoms with E-state index in [1.54, 1.807) is 0 Å². The van der Waals surface area contributed by atoms with Crippen LogP contribution >= 0.6 is 0 Å². The summed E-state index contributed by atoms with van der Waals surface area (Å²) in [6, 6.07) is 0.285. The summed E-state index contributed by atoms with van der Waals surface area (Å²) in [7, 11) is 0. The van der Waals surface area contributed by atoms with Gasteiger partial charge in [-0.2, -0.15) is 0 Å². The van der Waals surface area contributed by atoms with E-state index in [1.165, 1.54) is 25.7 Å². The molecular weight excluding hydrogens is 348 g/mol. The number of carbonyl (C=O) groups is 2. The van der Waals surface area contributed by atoms with Crippen LogP contribution in [0.1, 0.15) is 64.7 Å². The molecule has 4 heteroatoms. The number of nitrogens with zero attached hydrogens (tertiary/aromatic N) is 1. The predicted octanol–water partition coefficient (Wildman–Crippen LogP) is 4.70. The van der Waals surface area contributed by atoms with Crippen LogP contribution in [0.25, 0.3) is 0 Å². The fourth-order valence-electron chi connectivity index (χ4n) is 4.23. The number of hydrogen-bond acceptors (Lipinski definition) is 3. The molecule has 1 N–H and O–H groups in total. The Hall–Kier alpha value is -2.10. The maximum Gasteiger partial charge on any atom is 0.251 e. The molecule has 28 heavy (non-hydrogen) atoms. The van der Waals surface area contributed by atoms with E-state index in [-0.39, 0.29) is 11.9 Å². The van der Waals surface area contributed by atoms with E-state index in [9.17, 15) is 9.59 Å². The summed E-state index contributed by atoms with van der Waals surface area (Å²) in [5.74, 6) is 0.517. The highest BCUT2D eigenvalue weighted by molar-refractivity contribution is 5.98. The molecule has 0 spiro atoms. The van der Waals surface area contributed by atoms with Crippen LogP contribution in [0.2, 0.25) is 0 Å². The molecule has 1 amide bonds. The monoisotopic (exact) mass is 384 g/mol. The molecule has 0 aromatic carbocycles. The van der Waals surface area contributed by atoms with Crippen molar-refractivity contribution in [1.82, 2.24) is 10.2 Å². The van der Waals surface area contributed by atoms with Gasteiger partial charge < -0.3 is 15.0 Å². The molecule has 154 valence electrons. The number of rotatable bonds is 9. The Labute approximate surface area is 170 Å². The summed E-state index contributed by atoms with van der Waals surface area (Å²) in [4.78, 5) is 25.7.